The Morgan fingerprint density at radius 2 is 1.64 bits per heavy atom. The van der Waals surface area contributed by atoms with Crippen molar-refractivity contribution in [2.24, 2.45) is 0 Å². The van der Waals surface area contributed by atoms with Crippen LogP contribution in [0.2, 0.25) is 5.02 Å². The average Bonchev–Trinajstić information content (AvgIpc) is 3.35. The third kappa shape index (κ3) is 2.84. The predicted molar refractivity (Wildman–Crippen MR) is 107 cm³/mol. The smallest absolute Gasteiger partial charge is 0.175 e. The van der Waals surface area contributed by atoms with Crippen molar-refractivity contribution in [1.82, 2.24) is 24.9 Å². The number of fused-ring (bicyclic) bond motifs is 1. The number of nitrogens with one attached hydrogen (secondary N) is 2. The molecule has 5 rings (SSSR count). The van der Waals surface area contributed by atoms with Gasteiger partial charge in [0.2, 0.25) is 0 Å². The number of aromatic amines is 2. The summed E-state index contributed by atoms with van der Waals surface area (Å²) in [6, 6.07) is 14.5. The van der Waals surface area contributed by atoms with E-state index in [1.54, 1.807) is 30.7 Å². The van der Waals surface area contributed by atoms with E-state index in [9.17, 15) is 4.39 Å². The summed E-state index contributed by atoms with van der Waals surface area (Å²) in [5.74, 6) is 0.522. The Labute approximate surface area is 164 Å². The first-order valence-electron chi connectivity index (χ1n) is 8.59. The van der Waals surface area contributed by atoms with Crippen LogP contribution in [0.5, 0.6) is 0 Å². The van der Waals surface area contributed by atoms with E-state index in [-0.39, 0.29) is 5.56 Å². The molecule has 0 amide bonds. The average molecular weight is 390 g/mol. The second-order valence-electron chi connectivity index (χ2n) is 6.31. The molecule has 28 heavy (non-hydrogen) atoms. The van der Waals surface area contributed by atoms with Crippen molar-refractivity contribution in [3.8, 4) is 34.2 Å². The van der Waals surface area contributed by atoms with Crippen molar-refractivity contribution in [3.05, 3.63) is 78.0 Å². The Bertz CT molecular complexity index is 1240. The molecule has 3 aromatic heterocycles. The van der Waals surface area contributed by atoms with Crippen molar-refractivity contribution in [2.75, 3.05) is 0 Å². The lowest BCUT2D eigenvalue weighted by atomic mass is 10.2. The number of benzene rings is 2. The van der Waals surface area contributed by atoms with E-state index in [2.05, 4.69) is 24.9 Å². The molecule has 2 aromatic carbocycles. The molecule has 3 heterocycles. The normalized spacial score (nSPS) is 11.2. The van der Waals surface area contributed by atoms with Crippen LogP contribution in [0, 0.1) is 5.82 Å². The zero-order valence-electron chi connectivity index (χ0n) is 14.4. The summed E-state index contributed by atoms with van der Waals surface area (Å²) in [4.78, 5) is 19.5. The van der Waals surface area contributed by atoms with Crippen LogP contribution in [0.15, 0.2) is 67.1 Å². The highest BCUT2D eigenvalue weighted by atomic mass is 35.5. The van der Waals surface area contributed by atoms with Crippen molar-refractivity contribution in [1.29, 1.82) is 0 Å². The van der Waals surface area contributed by atoms with Crippen LogP contribution >= 0.6 is 11.6 Å². The molecule has 0 aliphatic carbocycles. The van der Waals surface area contributed by atoms with Crippen molar-refractivity contribution in [2.45, 2.75) is 0 Å². The van der Waals surface area contributed by atoms with E-state index in [0.717, 1.165) is 22.2 Å². The number of nitrogens with zero attached hydrogens (tertiary/aromatic N) is 3. The monoisotopic (exact) mass is 389 g/mol. The molecule has 0 unspecified atom stereocenters. The fraction of sp³-hybridized carbons (Fsp3) is 0. The molecular formula is C21H13ClFN5. The zero-order chi connectivity index (χ0) is 19.1. The predicted octanol–water partition coefficient (Wildman–Crippen LogP) is 5.47. The standard InChI is InChI=1S/C21H13ClFN5/c22-14-5-3-6-15(23)19(14)21-26-11-18(28-21)13-9-24-20(25-10-13)17-8-12-4-1-2-7-16(12)27-17/h1-11,27H,(H,26,28). The number of aromatic nitrogens is 5. The van der Waals surface area contributed by atoms with Gasteiger partial charge in [-0.3, -0.25) is 0 Å². The number of H-pyrrole nitrogens is 2. The number of para-hydroxylation sites is 1. The van der Waals surface area contributed by atoms with Crippen LogP contribution in [0.4, 0.5) is 4.39 Å². The molecule has 0 aliphatic heterocycles. The fourth-order valence-corrected chi connectivity index (χ4v) is 3.37. The number of hydrogen-bond donors (Lipinski definition) is 2. The molecule has 5 aromatic rings. The van der Waals surface area contributed by atoms with E-state index in [1.165, 1.54) is 6.07 Å². The molecule has 0 radical (unpaired) electrons. The lowest BCUT2D eigenvalue weighted by Gasteiger charge is -2.02. The Morgan fingerprint density at radius 3 is 2.43 bits per heavy atom. The maximum atomic E-state index is 14.1. The Kier molecular flexibility index (Phi) is 3.91. The van der Waals surface area contributed by atoms with Crippen LogP contribution in [0.25, 0.3) is 45.1 Å². The molecule has 0 saturated heterocycles. The van der Waals surface area contributed by atoms with Crippen molar-refractivity contribution >= 4 is 22.5 Å². The largest absolute Gasteiger partial charge is 0.352 e. The van der Waals surface area contributed by atoms with E-state index < -0.39 is 5.82 Å². The van der Waals surface area contributed by atoms with Gasteiger partial charge in [0.05, 0.1) is 28.2 Å². The quantitative estimate of drug-likeness (QED) is 0.429. The highest BCUT2D eigenvalue weighted by Crippen LogP contribution is 2.30. The molecule has 5 nitrogen and oxygen atoms in total. The van der Waals surface area contributed by atoms with Gasteiger partial charge in [-0.1, -0.05) is 35.9 Å². The van der Waals surface area contributed by atoms with Gasteiger partial charge in [0, 0.05) is 28.9 Å². The Balaban J connectivity index is 1.47. The Morgan fingerprint density at radius 1 is 0.821 bits per heavy atom. The van der Waals surface area contributed by atoms with Gasteiger partial charge >= 0.3 is 0 Å². The SMILES string of the molecule is Fc1cccc(Cl)c1-c1ncc(-c2cnc(-c3cc4ccccc4[nH]3)nc2)[nH]1. The zero-order valence-corrected chi connectivity index (χ0v) is 15.2. The highest BCUT2D eigenvalue weighted by Gasteiger charge is 2.14. The molecule has 2 N–H and O–H groups in total. The molecular weight excluding hydrogens is 377 g/mol. The van der Waals surface area contributed by atoms with Crippen LogP contribution in [-0.2, 0) is 0 Å². The van der Waals surface area contributed by atoms with E-state index in [0.29, 0.717) is 22.4 Å². The van der Waals surface area contributed by atoms with Crippen LogP contribution in [0.3, 0.4) is 0 Å². The summed E-state index contributed by atoms with van der Waals surface area (Å²) < 4.78 is 14.1. The van der Waals surface area contributed by atoms with Gasteiger partial charge in [0.1, 0.15) is 11.6 Å². The van der Waals surface area contributed by atoms with Gasteiger partial charge in [-0.05, 0) is 24.3 Å². The van der Waals surface area contributed by atoms with Crippen LogP contribution in [0.1, 0.15) is 0 Å². The van der Waals surface area contributed by atoms with Gasteiger partial charge in [-0.15, -0.1) is 0 Å². The number of imidazole rings is 1. The minimum atomic E-state index is -0.432. The molecule has 7 heteroatoms. The molecule has 0 saturated carbocycles. The summed E-state index contributed by atoms with van der Waals surface area (Å²) in [6.45, 7) is 0. The molecule has 136 valence electrons. The van der Waals surface area contributed by atoms with Gasteiger partial charge in [0.15, 0.2) is 5.82 Å². The summed E-state index contributed by atoms with van der Waals surface area (Å²) in [6.07, 6.45) is 5.02. The first-order chi connectivity index (χ1) is 13.7. The minimum absolute atomic E-state index is 0.242. The molecule has 0 spiro atoms. The summed E-state index contributed by atoms with van der Waals surface area (Å²) in [5.41, 5.74) is 3.54. The van der Waals surface area contributed by atoms with Gasteiger partial charge in [-0.25, -0.2) is 19.3 Å². The van der Waals surface area contributed by atoms with E-state index in [4.69, 9.17) is 11.6 Å². The van der Waals surface area contributed by atoms with Crippen molar-refractivity contribution in [3.63, 3.8) is 0 Å². The van der Waals surface area contributed by atoms with Gasteiger partial charge < -0.3 is 9.97 Å². The first kappa shape index (κ1) is 16.6. The summed E-state index contributed by atoms with van der Waals surface area (Å²) in [7, 11) is 0. The number of halogens is 2. The van der Waals surface area contributed by atoms with Gasteiger partial charge in [0.25, 0.3) is 0 Å². The van der Waals surface area contributed by atoms with E-state index in [1.807, 2.05) is 30.3 Å². The minimum Gasteiger partial charge on any atom is -0.352 e. The summed E-state index contributed by atoms with van der Waals surface area (Å²) >= 11 is 6.11. The maximum Gasteiger partial charge on any atom is 0.175 e. The highest BCUT2D eigenvalue weighted by molar-refractivity contribution is 6.33. The third-order valence-corrected chi connectivity index (χ3v) is 4.82. The first-order valence-corrected chi connectivity index (χ1v) is 8.97. The third-order valence-electron chi connectivity index (χ3n) is 4.51. The van der Waals surface area contributed by atoms with Gasteiger partial charge in [-0.2, -0.15) is 0 Å². The number of hydrogen-bond acceptors (Lipinski definition) is 3. The van der Waals surface area contributed by atoms with Crippen LogP contribution in [-0.4, -0.2) is 24.9 Å². The van der Waals surface area contributed by atoms with Crippen molar-refractivity contribution < 1.29 is 4.39 Å². The Hall–Kier alpha value is -3.51. The number of rotatable bonds is 3. The fourth-order valence-electron chi connectivity index (χ4n) is 3.12. The topological polar surface area (TPSA) is 70.2 Å². The molecule has 0 fully saturated rings. The lowest BCUT2D eigenvalue weighted by molar-refractivity contribution is 0.630. The maximum absolute atomic E-state index is 14.1. The summed E-state index contributed by atoms with van der Waals surface area (Å²) in [5, 5.41) is 1.40. The molecule has 0 aliphatic rings. The van der Waals surface area contributed by atoms with Crippen LogP contribution < -0.4 is 0 Å². The second-order valence-corrected chi connectivity index (χ2v) is 6.71. The molecule has 0 atom stereocenters. The lowest BCUT2D eigenvalue weighted by Crippen LogP contribution is -1.90. The van der Waals surface area contributed by atoms with E-state index >= 15 is 0 Å². The molecule has 0 bridgehead atoms. The second kappa shape index (κ2) is 6.58.